The molecule has 3 aromatic heterocycles. The number of imidazole rings is 1. The second-order valence-corrected chi connectivity index (χ2v) is 6.22. The summed E-state index contributed by atoms with van der Waals surface area (Å²) in [5.74, 6) is 0.953. The van der Waals surface area contributed by atoms with Gasteiger partial charge in [-0.3, -0.25) is 0 Å². The van der Waals surface area contributed by atoms with E-state index in [4.69, 9.17) is 5.10 Å². The molecule has 0 aliphatic rings. The highest BCUT2D eigenvalue weighted by molar-refractivity contribution is 5.68. The Morgan fingerprint density at radius 3 is 2.64 bits per heavy atom. The fourth-order valence-electron chi connectivity index (χ4n) is 3.09. The van der Waals surface area contributed by atoms with E-state index in [0.29, 0.717) is 17.2 Å². The Hall–Kier alpha value is -3.99. The van der Waals surface area contributed by atoms with Crippen LogP contribution >= 0.6 is 0 Å². The van der Waals surface area contributed by atoms with Crippen molar-refractivity contribution in [2.75, 3.05) is 17.7 Å². The van der Waals surface area contributed by atoms with Gasteiger partial charge in [-0.15, -0.1) is 0 Å². The van der Waals surface area contributed by atoms with Crippen molar-refractivity contribution in [3.05, 3.63) is 66.2 Å². The number of hydrogen-bond donors (Lipinski definition) is 2. The van der Waals surface area contributed by atoms with Crippen molar-refractivity contribution in [2.24, 2.45) is 0 Å². The molecule has 0 bridgehead atoms. The number of aromatic nitrogens is 5. The molecule has 0 fully saturated rings. The first-order valence-corrected chi connectivity index (χ1v) is 8.80. The summed E-state index contributed by atoms with van der Waals surface area (Å²) in [7, 11) is 1.72. The molecule has 3 heterocycles. The molecule has 0 spiro atoms. The zero-order valence-electron chi connectivity index (χ0n) is 15.5. The second kappa shape index (κ2) is 7.32. The Bertz CT molecular complexity index is 1160. The summed E-state index contributed by atoms with van der Waals surface area (Å²) < 4.78 is 1.75. The third-order valence-electron chi connectivity index (χ3n) is 4.48. The SMILES string of the molecule is CNc1ncnc(N[C@H](C)c2cc3nccn3nc2-c2ccccc2)c1C#N. The van der Waals surface area contributed by atoms with Gasteiger partial charge in [0.1, 0.15) is 29.6 Å². The van der Waals surface area contributed by atoms with E-state index in [1.54, 1.807) is 17.8 Å². The first kappa shape index (κ1) is 17.4. The van der Waals surface area contributed by atoms with Gasteiger partial charge in [0.05, 0.1) is 11.7 Å². The van der Waals surface area contributed by atoms with Crippen LogP contribution in [0.3, 0.4) is 0 Å². The van der Waals surface area contributed by atoms with E-state index in [0.717, 1.165) is 22.5 Å². The van der Waals surface area contributed by atoms with Crippen LogP contribution in [-0.4, -0.2) is 31.6 Å². The van der Waals surface area contributed by atoms with Gasteiger partial charge < -0.3 is 10.6 Å². The highest BCUT2D eigenvalue weighted by atomic mass is 15.2. The van der Waals surface area contributed by atoms with Crippen molar-refractivity contribution in [3.63, 3.8) is 0 Å². The zero-order chi connectivity index (χ0) is 19.5. The van der Waals surface area contributed by atoms with Crippen LogP contribution in [0.5, 0.6) is 0 Å². The predicted octanol–water partition coefficient (Wildman–Crippen LogP) is 3.27. The second-order valence-electron chi connectivity index (χ2n) is 6.22. The van der Waals surface area contributed by atoms with Gasteiger partial charge in [-0.1, -0.05) is 30.3 Å². The largest absolute Gasteiger partial charge is 0.372 e. The molecule has 8 nitrogen and oxygen atoms in total. The molecule has 138 valence electrons. The monoisotopic (exact) mass is 370 g/mol. The average molecular weight is 370 g/mol. The van der Waals surface area contributed by atoms with Crippen molar-refractivity contribution in [1.29, 1.82) is 5.26 Å². The van der Waals surface area contributed by atoms with Gasteiger partial charge >= 0.3 is 0 Å². The summed E-state index contributed by atoms with van der Waals surface area (Å²) in [6.07, 6.45) is 4.97. The van der Waals surface area contributed by atoms with E-state index in [1.807, 2.05) is 49.5 Å². The maximum Gasteiger partial charge on any atom is 0.153 e. The number of rotatable bonds is 5. The lowest BCUT2D eigenvalue weighted by Gasteiger charge is -2.19. The molecule has 0 radical (unpaired) electrons. The lowest BCUT2D eigenvalue weighted by Crippen LogP contribution is -2.13. The number of fused-ring (bicyclic) bond motifs is 1. The Morgan fingerprint density at radius 1 is 1.11 bits per heavy atom. The molecule has 1 atom stereocenters. The van der Waals surface area contributed by atoms with Gasteiger partial charge in [0, 0.05) is 30.6 Å². The minimum atomic E-state index is -0.170. The standard InChI is InChI=1S/C20H18N8/c1-13(26-20-16(11-21)19(22-2)24-12-25-20)15-10-17-23-8-9-28(17)27-18(15)14-6-4-3-5-7-14/h3-10,12-13H,1-2H3,(H2,22,24,25,26)/t13-/m1/s1. The van der Waals surface area contributed by atoms with E-state index < -0.39 is 0 Å². The van der Waals surface area contributed by atoms with Crippen molar-refractivity contribution in [3.8, 4) is 17.3 Å². The summed E-state index contributed by atoms with van der Waals surface area (Å²) in [6, 6.07) is 14.0. The molecular formula is C20H18N8. The number of nitrogens with one attached hydrogen (secondary N) is 2. The number of anilines is 2. The maximum absolute atomic E-state index is 9.52. The van der Waals surface area contributed by atoms with E-state index in [-0.39, 0.29) is 6.04 Å². The minimum Gasteiger partial charge on any atom is -0.372 e. The van der Waals surface area contributed by atoms with Crippen LogP contribution in [0.25, 0.3) is 16.9 Å². The van der Waals surface area contributed by atoms with Gasteiger partial charge in [-0.05, 0) is 13.0 Å². The van der Waals surface area contributed by atoms with Crippen LogP contribution in [0.1, 0.15) is 24.1 Å². The number of hydrogen-bond acceptors (Lipinski definition) is 7. The predicted molar refractivity (Wildman–Crippen MR) is 107 cm³/mol. The number of nitriles is 1. The lowest BCUT2D eigenvalue weighted by atomic mass is 10.0. The molecule has 4 rings (SSSR count). The molecule has 8 heteroatoms. The highest BCUT2D eigenvalue weighted by Gasteiger charge is 2.19. The quantitative estimate of drug-likeness (QED) is 0.555. The van der Waals surface area contributed by atoms with Crippen LogP contribution in [-0.2, 0) is 0 Å². The third kappa shape index (κ3) is 3.10. The summed E-state index contributed by atoms with van der Waals surface area (Å²) >= 11 is 0. The molecule has 0 aliphatic heterocycles. The van der Waals surface area contributed by atoms with Crippen LogP contribution in [0.4, 0.5) is 11.6 Å². The molecule has 28 heavy (non-hydrogen) atoms. The summed E-state index contributed by atoms with van der Waals surface area (Å²) in [5, 5.41) is 20.5. The average Bonchev–Trinajstić information content (AvgIpc) is 3.20. The van der Waals surface area contributed by atoms with Gasteiger partial charge in [0.15, 0.2) is 5.65 Å². The summed E-state index contributed by atoms with van der Waals surface area (Å²) in [5.41, 5.74) is 3.92. The fourth-order valence-corrected chi connectivity index (χ4v) is 3.09. The van der Waals surface area contributed by atoms with Gasteiger partial charge in [-0.25, -0.2) is 19.5 Å². The molecule has 4 aromatic rings. The van der Waals surface area contributed by atoms with Crippen LogP contribution < -0.4 is 10.6 Å². The van der Waals surface area contributed by atoms with Crippen LogP contribution in [0.2, 0.25) is 0 Å². The number of benzene rings is 1. The van der Waals surface area contributed by atoms with Gasteiger partial charge in [-0.2, -0.15) is 10.4 Å². The van der Waals surface area contributed by atoms with Crippen molar-refractivity contribution in [2.45, 2.75) is 13.0 Å². The van der Waals surface area contributed by atoms with E-state index in [9.17, 15) is 5.26 Å². The molecule has 0 aliphatic carbocycles. The zero-order valence-corrected chi connectivity index (χ0v) is 15.5. The Labute approximate surface area is 161 Å². The Morgan fingerprint density at radius 2 is 1.89 bits per heavy atom. The van der Waals surface area contributed by atoms with E-state index >= 15 is 0 Å². The maximum atomic E-state index is 9.52. The smallest absolute Gasteiger partial charge is 0.153 e. The van der Waals surface area contributed by atoms with Gasteiger partial charge in [0.25, 0.3) is 0 Å². The van der Waals surface area contributed by atoms with Crippen molar-refractivity contribution < 1.29 is 0 Å². The molecule has 0 saturated heterocycles. The van der Waals surface area contributed by atoms with Crippen LogP contribution in [0.15, 0.2) is 55.1 Å². The minimum absolute atomic E-state index is 0.170. The lowest BCUT2D eigenvalue weighted by molar-refractivity contribution is 0.839. The molecule has 0 saturated carbocycles. The molecule has 0 amide bonds. The molecule has 2 N–H and O–H groups in total. The summed E-state index contributed by atoms with van der Waals surface area (Å²) in [6.45, 7) is 2.01. The highest BCUT2D eigenvalue weighted by Crippen LogP contribution is 2.30. The van der Waals surface area contributed by atoms with Crippen LogP contribution in [0, 0.1) is 11.3 Å². The fraction of sp³-hybridized carbons (Fsp3) is 0.150. The molecule has 0 unspecified atom stereocenters. The first-order chi connectivity index (χ1) is 13.7. The van der Waals surface area contributed by atoms with E-state index in [2.05, 4.69) is 31.7 Å². The third-order valence-corrected chi connectivity index (χ3v) is 4.48. The summed E-state index contributed by atoms with van der Waals surface area (Å²) in [4.78, 5) is 12.7. The topological polar surface area (TPSA) is 104 Å². The number of nitrogens with zero attached hydrogens (tertiary/aromatic N) is 6. The van der Waals surface area contributed by atoms with Crippen molar-refractivity contribution in [1.82, 2.24) is 24.6 Å². The normalized spacial score (nSPS) is 11.8. The molecular weight excluding hydrogens is 352 g/mol. The Kier molecular flexibility index (Phi) is 4.56. The molecule has 1 aromatic carbocycles. The van der Waals surface area contributed by atoms with Crippen molar-refractivity contribution >= 4 is 17.3 Å². The van der Waals surface area contributed by atoms with Gasteiger partial charge in [0.2, 0.25) is 0 Å². The first-order valence-electron chi connectivity index (χ1n) is 8.80. The van der Waals surface area contributed by atoms with E-state index in [1.165, 1.54) is 6.33 Å². The Balaban J connectivity index is 1.80.